The largest absolute Gasteiger partial charge is 0.294 e. The van der Waals surface area contributed by atoms with Crippen LogP contribution in [0.15, 0.2) is 23.8 Å². The van der Waals surface area contributed by atoms with Crippen LogP contribution in [0, 0.1) is 35.5 Å². The smallest absolute Gasteiger partial charge is 0.160 e. The van der Waals surface area contributed by atoms with Gasteiger partial charge in [-0.25, -0.2) is 0 Å². The Hall–Kier alpha value is -1.18. The molecule has 2 aliphatic rings. The van der Waals surface area contributed by atoms with Crippen molar-refractivity contribution in [1.29, 1.82) is 0 Å². The molecule has 0 heterocycles. The first-order valence-electron chi connectivity index (χ1n) is 7.28. The van der Waals surface area contributed by atoms with Crippen molar-refractivity contribution in [3.63, 3.8) is 0 Å². The third kappa shape index (κ3) is 2.33. The number of carbonyl (C=O) groups excluding carboxylic acids is 2. The Kier molecular flexibility index (Phi) is 3.80. The molecule has 2 aliphatic carbocycles. The van der Waals surface area contributed by atoms with Crippen molar-refractivity contribution in [2.75, 3.05) is 0 Å². The van der Waals surface area contributed by atoms with Crippen molar-refractivity contribution < 1.29 is 9.59 Å². The minimum atomic E-state index is -0.145. The molecular weight excluding hydrogens is 236 g/mol. The molecule has 0 aromatic heterocycles. The van der Waals surface area contributed by atoms with Crippen LogP contribution in [0.4, 0.5) is 0 Å². The molecule has 104 valence electrons. The van der Waals surface area contributed by atoms with E-state index >= 15 is 0 Å². The number of ketones is 2. The molecule has 0 fully saturated rings. The first-order chi connectivity index (χ1) is 8.84. The molecule has 0 spiro atoms. The lowest BCUT2D eigenvalue weighted by atomic mass is 9.59. The summed E-state index contributed by atoms with van der Waals surface area (Å²) in [4.78, 5) is 24.5. The number of fused-ring (bicyclic) bond motifs is 1. The van der Waals surface area contributed by atoms with Crippen LogP contribution < -0.4 is 0 Å². The van der Waals surface area contributed by atoms with Gasteiger partial charge in [-0.3, -0.25) is 9.59 Å². The van der Waals surface area contributed by atoms with E-state index in [0.717, 1.165) is 0 Å². The maximum atomic E-state index is 12.3. The molecule has 0 bridgehead atoms. The summed E-state index contributed by atoms with van der Waals surface area (Å²) in [5, 5.41) is 0. The average molecular weight is 260 g/mol. The maximum absolute atomic E-state index is 12.3. The van der Waals surface area contributed by atoms with E-state index in [4.69, 9.17) is 0 Å². The van der Waals surface area contributed by atoms with Gasteiger partial charge >= 0.3 is 0 Å². The minimum absolute atomic E-state index is 0.130. The van der Waals surface area contributed by atoms with Gasteiger partial charge in [-0.2, -0.15) is 0 Å². The van der Waals surface area contributed by atoms with E-state index in [0.29, 0.717) is 11.8 Å². The summed E-state index contributed by atoms with van der Waals surface area (Å²) >= 11 is 0. The van der Waals surface area contributed by atoms with E-state index in [-0.39, 0.29) is 35.2 Å². The summed E-state index contributed by atoms with van der Waals surface area (Å²) in [5.74, 6) is 1.28. The first-order valence-corrected chi connectivity index (χ1v) is 7.28. The molecule has 2 heteroatoms. The summed E-state index contributed by atoms with van der Waals surface area (Å²) in [6.45, 7) is 10.7. The molecule has 2 nitrogen and oxygen atoms in total. The summed E-state index contributed by atoms with van der Waals surface area (Å²) < 4.78 is 0. The van der Waals surface area contributed by atoms with Crippen LogP contribution in [0.1, 0.15) is 34.6 Å². The Morgan fingerprint density at radius 2 is 1.53 bits per heavy atom. The number of allylic oxidation sites excluding steroid dienone is 4. The molecule has 0 saturated heterocycles. The molecule has 0 radical (unpaired) electrons. The first kappa shape index (κ1) is 14.2. The topological polar surface area (TPSA) is 34.1 Å². The fourth-order valence-electron chi connectivity index (χ4n) is 3.49. The van der Waals surface area contributed by atoms with E-state index in [1.54, 1.807) is 0 Å². The van der Waals surface area contributed by atoms with E-state index < -0.39 is 0 Å². The highest BCUT2D eigenvalue weighted by molar-refractivity contribution is 6.07. The number of rotatable bonds is 2. The van der Waals surface area contributed by atoms with E-state index in [9.17, 15) is 9.59 Å². The van der Waals surface area contributed by atoms with Crippen molar-refractivity contribution in [1.82, 2.24) is 0 Å². The van der Waals surface area contributed by atoms with Crippen LogP contribution in [0.5, 0.6) is 0 Å². The molecule has 0 amide bonds. The molecule has 19 heavy (non-hydrogen) atoms. The minimum Gasteiger partial charge on any atom is -0.294 e. The quantitative estimate of drug-likeness (QED) is 0.713. The van der Waals surface area contributed by atoms with Gasteiger partial charge in [0.15, 0.2) is 11.6 Å². The molecule has 0 saturated carbocycles. The summed E-state index contributed by atoms with van der Waals surface area (Å²) in [6, 6.07) is 0. The van der Waals surface area contributed by atoms with E-state index in [1.807, 2.05) is 0 Å². The Morgan fingerprint density at radius 3 is 2.05 bits per heavy atom. The van der Waals surface area contributed by atoms with Crippen molar-refractivity contribution in [2.45, 2.75) is 34.6 Å². The number of hydrogen-bond acceptors (Lipinski definition) is 2. The maximum Gasteiger partial charge on any atom is 0.160 e. The Labute approximate surface area is 116 Å². The fraction of sp³-hybridized carbons (Fsp3) is 0.647. The molecule has 2 rings (SSSR count). The zero-order valence-electron chi connectivity index (χ0n) is 12.5. The van der Waals surface area contributed by atoms with E-state index in [2.05, 4.69) is 40.7 Å². The standard InChI is InChI=1S/C17H24O2/c1-9(2)11(4)13-8-10(3)12(5)16-14(18)6-7-15(19)17(13)16/h6-9,11-13,16-17H,1-5H3. The zero-order chi connectivity index (χ0) is 14.3. The second kappa shape index (κ2) is 5.07. The van der Waals surface area contributed by atoms with Gasteiger partial charge in [-0.05, 0) is 42.7 Å². The lowest BCUT2D eigenvalue weighted by Gasteiger charge is -2.43. The highest BCUT2D eigenvalue weighted by Crippen LogP contribution is 2.45. The summed E-state index contributed by atoms with van der Waals surface area (Å²) in [6.07, 6.45) is 5.22. The predicted molar refractivity (Wildman–Crippen MR) is 76.5 cm³/mol. The Morgan fingerprint density at radius 1 is 1.00 bits per heavy atom. The van der Waals surface area contributed by atoms with Crippen LogP contribution in [-0.2, 0) is 9.59 Å². The fourth-order valence-corrected chi connectivity index (χ4v) is 3.49. The van der Waals surface area contributed by atoms with Crippen molar-refractivity contribution in [2.24, 2.45) is 35.5 Å². The van der Waals surface area contributed by atoms with Gasteiger partial charge < -0.3 is 0 Å². The Bertz CT molecular complexity index is 456. The SMILES string of the molecule is CC1=CC(C(C)C(C)C)C2C(=O)C=CC(=O)C2C1C. The van der Waals surface area contributed by atoms with Gasteiger partial charge in [0.1, 0.15) is 0 Å². The molecule has 0 N–H and O–H groups in total. The van der Waals surface area contributed by atoms with Crippen molar-refractivity contribution >= 4 is 11.6 Å². The molecule has 0 aromatic rings. The molecular formula is C17H24O2. The molecule has 0 aliphatic heterocycles. The van der Waals surface area contributed by atoms with Gasteiger partial charge in [0.25, 0.3) is 0 Å². The molecule has 5 unspecified atom stereocenters. The highest BCUT2D eigenvalue weighted by Gasteiger charge is 2.46. The van der Waals surface area contributed by atoms with E-state index in [1.165, 1.54) is 17.7 Å². The van der Waals surface area contributed by atoms with Crippen molar-refractivity contribution in [3.05, 3.63) is 23.8 Å². The highest BCUT2D eigenvalue weighted by atomic mass is 16.1. The third-order valence-corrected chi connectivity index (χ3v) is 5.24. The zero-order valence-corrected chi connectivity index (χ0v) is 12.5. The van der Waals surface area contributed by atoms with Gasteiger partial charge in [0.05, 0.1) is 0 Å². The van der Waals surface area contributed by atoms with Gasteiger partial charge in [0, 0.05) is 11.8 Å². The second-order valence-electron chi connectivity index (χ2n) is 6.57. The van der Waals surface area contributed by atoms with Crippen LogP contribution >= 0.6 is 0 Å². The lowest BCUT2D eigenvalue weighted by molar-refractivity contribution is -0.133. The van der Waals surface area contributed by atoms with Crippen LogP contribution in [0.2, 0.25) is 0 Å². The Balaban J connectivity index is 2.46. The lowest BCUT2D eigenvalue weighted by Crippen LogP contribution is -2.45. The third-order valence-electron chi connectivity index (χ3n) is 5.24. The molecule has 5 atom stereocenters. The monoisotopic (exact) mass is 260 g/mol. The second-order valence-corrected chi connectivity index (χ2v) is 6.57. The number of hydrogen-bond donors (Lipinski definition) is 0. The summed E-state index contributed by atoms with van der Waals surface area (Å²) in [7, 11) is 0. The van der Waals surface area contributed by atoms with Crippen molar-refractivity contribution in [3.8, 4) is 0 Å². The van der Waals surface area contributed by atoms with Crippen LogP contribution in [0.25, 0.3) is 0 Å². The average Bonchev–Trinajstić information content (AvgIpc) is 2.36. The molecule has 0 aromatic carbocycles. The normalized spacial score (nSPS) is 36.2. The van der Waals surface area contributed by atoms with Gasteiger partial charge in [0.2, 0.25) is 0 Å². The van der Waals surface area contributed by atoms with Crippen LogP contribution in [0.3, 0.4) is 0 Å². The summed E-state index contributed by atoms with van der Waals surface area (Å²) in [5.41, 5.74) is 1.26. The van der Waals surface area contributed by atoms with Gasteiger partial charge in [-0.15, -0.1) is 0 Å². The van der Waals surface area contributed by atoms with Gasteiger partial charge in [-0.1, -0.05) is 39.3 Å². The number of carbonyl (C=O) groups is 2. The van der Waals surface area contributed by atoms with Crippen LogP contribution in [-0.4, -0.2) is 11.6 Å². The predicted octanol–water partition coefficient (Wildman–Crippen LogP) is 3.43.